The van der Waals surface area contributed by atoms with Crippen molar-refractivity contribution in [3.05, 3.63) is 65.2 Å². The summed E-state index contributed by atoms with van der Waals surface area (Å²) in [6.07, 6.45) is 7.12. The summed E-state index contributed by atoms with van der Waals surface area (Å²) in [6.45, 7) is 1.75. The molecule has 2 aliphatic rings. The lowest BCUT2D eigenvalue weighted by Crippen LogP contribution is -2.41. The van der Waals surface area contributed by atoms with Gasteiger partial charge in [0.25, 0.3) is 0 Å². The topological polar surface area (TPSA) is 80.8 Å². The molecule has 0 N–H and O–H groups in total. The average molecular weight is 470 g/mol. The monoisotopic (exact) mass is 469 g/mol. The van der Waals surface area contributed by atoms with Crippen LogP contribution in [-0.4, -0.2) is 43.7 Å². The van der Waals surface area contributed by atoms with Crippen LogP contribution in [-0.2, 0) is 19.6 Å². The van der Waals surface area contributed by atoms with Crippen LogP contribution in [0.3, 0.4) is 0 Å². The van der Waals surface area contributed by atoms with E-state index in [1.54, 1.807) is 36.4 Å². The molecule has 33 heavy (non-hydrogen) atoms. The first-order chi connectivity index (χ1) is 15.9. The van der Waals surface area contributed by atoms with E-state index in [2.05, 4.69) is 0 Å². The number of hydrogen-bond acceptors (Lipinski definition) is 5. The van der Waals surface area contributed by atoms with Gasteiger partial charge in [0.15, 0.2) is 12.4 Å². The van der Waals surface area contributed by atoms with Gasteiger partial charge in [0.05, 0.1) is 4.90 Å². The Hall–Kier alpha value is -2.51. The molecule has 0 amide bonds. The molecule has 0 bridgehead atoms. The van der Waals surface area contributed by atoms with Crippen LogP contribution in [0.25, 0.3) is 0 Å². The van der Waals surface area contributed by atoms with Crippen LogP contribution >= 0.6 is 0 Å². The van der Waals surface area contributed by atoms with Crippen molar-refractivity contribution in [1.29, 1.82) is 0 Å². The van der Waals surface area contributed by atoms with E-state index >= 15 is 0 Å². The van der Waals surface area contributed by atoms with Crippen LogP contribution in [0.15, 0.2) is 53.4 Å². The number of esters is 1. The van der Waals surface area contributed by atoms with Crippen molar-refractivity contribution < 1.29 is 22.7 Å². The van der Waals surface area contributed by atoms with E-state index < -0.39 is 28.6 Å². The van der Waals surface area contributed by atoms with Crippen LogP contribution in [0.2, 0.25) is 0 Å². The number of hydrogen-bond donors (Lipinski definition) is 0. The van der Waals surface area contributed by atoms with Gasteiger partial charge in [-0.2, -0.15) is 4.31 Å². The SMILES string of the molecule is Cc1ccc(S(=O)(=O)N2CCC[C@@H]2C(=O)OCC(=O)c2ccc(C3CCCCC3)cc2)cc1. The van der Waals surface area contributed by atoms with Gasteiger partial charge >= 0.3 is 5.97 Å². The molecule has 1 saturated carbocycles. The van der Waals surface area contributed by atoms with Gasteiger partial charge in [-0.05, 0) is 56.2 Å². The summed E-state index contributed by atoms with van der Waals surface area (Å²) in [7, 11) is -3.81. The fraction of sp³-hybridized carbons (Fsp3) is 0.462. The Morgan fingerprint density at radius 1 is 0.909 bits per heavy atom. The highest BCUT2D eigenvalue weighted by Crippen LogP contribution is 2.32. The van der Waals surface area contributed by atoms with Crippen molar-refractivity contribution in [2.45, 2.75) is 68.7 Å². The highest BCUT2D eigenvalue weighted by Gasteiger charge is 2.40. The zero-order valence-corrected chi connectivity index (χ0v) is 19.9. The van der Waals surface area contributed by atoms with Crippen LogP contribution in [0, 0.1) is 6.92 Å². The van der Waals surface area contributed by atoms with Gasteiger partial charge in [0, 0.05) is 12.1 Å². The Kier molecular flexibility index (Phi) is 7.29. The second kappa shape index (κ2) is 10.2. The predicted molar refractivity (Wildman–Crippen MR) is 126 cm³/mol. The highest BCUT2D eigenvalue weighted by molar-refractivity contribution is 7.89. The second-order valence-corrected chi connectivity index (χ2v) is 11.0. The molecule has 1 saturated heterocycles. The molecular weight excluding hydrogens is 438 g/mol. The number of ether oxygens (including phenoxy) is 1. The Balaban J connectivity index is 1.36. The van der Waals surface area contributed by atoms with E-state index in [4.69, 9.17) is 4.74 Å². The maximum atomic E-state index is 13.0. The minimum absolute atomic E-state index is 0.155. The third-order valence-corrected chi connectivity index (χ3v) is 8.68. The molecule has 176 valence electrons. The summed E-state index contributed by atoms with van der Waals surface area (Å²) in [5, 5.41) is 0. The number of nitrogens with zero attached hydrogens (tertiary/aromatic N) is 1. The molecule has 0 radical (unpaired) electrons. The molecule has 2 fully saturated rings. The maximum Gasteiger partial charge on any atom is 0.324 e. The Bertz CT molecular complexity index is 1090. The zero-order chi connectivity index (χ0) is 23.4. The summed E-state index contributed by atoms with van der Waals surface area (Å²) in [5.41, 5.74) is 2.71. The normalized spacial score (nSPS) is 20.0. The van der Waals surface area contributed by atoms with Gasteiger partial charge in [-0.1, -0.05) is 61.2 Å². The smallest absolute Gasteiger partial charge is 0.324 e. The van der Waals surface area contributed by atoms with E-state index in [-0.39, 0.29) is 17.2 Å². The summed E-state index contributed by atoms with van der Waals surface area (Å²) in [4.78, 5) is 25.4. The second-order valence-electron chi connectivity index (χ2n) is 9.07. The minimum Gasteiger partial charge on any atom is -0.456 e. The van der Waals surface area contributed by atoms with Gasteiger partial charge in [0.2, 0.25) is 10.0 Å². The van der Waals surface area contributed by atoms with Crippen molar-refractivity contribution >= 4 is 21.8 Å². The zero-order valence-electron chi connectivity index (χ0n) is 19.0. The first-order valence-corrected chi connectivity index (χ1v) is 13.2. The Morgan fingerprint density at radius 2 is 1.58 bits per heavy atom. The van der Waals surface area contributed by atoms with E-state index in [0.29, 0.717) is 24.3 Å². The lowest BCUT2D eigenvalue weighted by Gasteiger charge is -2.23. The number of rotatable bonds is 7. The lowest BCUT2D eigenvalue weighted by molar-refractivity contribution is -0.146. The number of carbonyl (C=O) groups excluding carboxylic acids is 2. The van der Waals surface area contributed by atoms with E-state index in [1.807, 2.05) is 19.1 Å². The van der Waals surface area contributed by atoms with Gasteiger partial charge in [-0.3, -0.25) is 9.59 Å². The molecule has 6 nitrogen and oxygen atoms in total. The number of ketones is 1. The van der Waals surface area contributed by atoms with Crippen molar-refractivity contribution in [2.24, 2.45) is 0 Å². The molecule has 0 spiro atoms. The molecule has 2 aromatic carbocycles. The van der Waals surface area contributed by atoms with Crippen molar-refractivity contribution in [3.8, 4) is 0 Å². The van der Waals surface area contributed by atoms with Gasteiger partial charge in [-0.25, -0.2) is 8.42 Å². The number of carbonyl (C=O) groups is 2. The van der Waals surface area contributed by atoms with E-state index in [0.717, 1.165) is 5.56 Å². The van der Waals surface area contributed by atoms with Crippen molar-refractivity contribution in [3.63, 3.8) is 0 Å². The number of benzene rings is 2. The molecule has 4 rings (SSSR count). The van der Waals surface area contributed by atoms with E-state index in [9.17, 15) is 18.0 Å². The standard InChI is InChI=1S/C26H31NO5S/c1-19-9-15-23(16-10-19)33(30,31)27-17-5-8-24(27)26(29)32-18-25(28)22-13-11-21(12-14-22)20-6-3-2-4-7-20/h9-16,20,24H,2-8,17-18H2,1H3/t24-/m1/s1. The summed E-state index contributed by atoms with van der Waals surface area (Å²) in [5.74, 6) is -0.399. The molecular formula is C26H31NO5S. The average Bonchev–Trinajstić information content (AvgIpc) is 3.34. The number of aryl methyl sites for hydroxylation is 1. The molecule has 0 aromatic heterocycles. The first-order valence-electron chi connectivity index (χ1n) is 11.7. The number of sulfonamides is 1. The van der Waals surface area contributed by atoms with Gasteiger partial charge < -0.3 is 4.74 Å². The van der Waals surface area contributed by atoms with Crippen molar-refractivity contribution in [1.82, 2.24) is 4.31 Å². The quantitative estimate of drug-likeness (QED) is 0.437. The molecule has 1 heterocycles. The minimum atomic E-state index is -3.81. The van der Waals surface area contributed by atoms with Crippen LogP contribution < -0.4 is 0 Å². The molecule has 1 aliphatic heterocycles. The Labute approximate surface area is 196 Å². The van der Waals surface area contributed by atoms with Crippen LogP contribution in [0.4, 0.5) is 0 Å². The summed E-state index contributed by atoms with van der Waals surface area (Å²) in [6, 6.07) is 13.2. The van der Waals surface area contributed by atoms with Crippen LogP contribution in [0.5, 0.6) is 0 Å². The lowest BCUT2D eigenvalue weighted by atomic mass is 9.84. The largest absolute Gasteiger partial charge is 0.456 e. The predicted octanol–water partition coefficient (Wildman–Crippen LogP) is 4.62. The third kappa shape index (κ3) is 5.36. The highest BCUT2D eigenvalue weighted by atomic mass is 32.2. The molecule has 1 aliphatic carbocycles. The maximum absolute atomic E-state index is 13.0. The fourth-order valence-electron chi connectivity index (χ4n) is 4.80. The fourth-order valence-corrected chi connectivity index (χ4v) is 6.45. The molecule has 2 aromatic rings. The summed E-state index contributed by atoms with van der Waals surface area (Å²) < 4.78 is 32.5. The van der Waals surface area contributed by atoms with Crippen molar-refractivity contribution in [2.75, 3.05) is 13.2 Å². The Morgan fingerprint density at radius 3 is 2.24 bits per heavy atom. The van der Waals surface area contributed by atoms with E-state index in [1.165, 1.54) is 42.0 Å². The summed E-state index contributed by atoms with van der Waals surface area (Å²) >= 11 is 0. The third-order valence-electron chi connectivity index (χ3n) is 6.76. The molecule has 1 atom stereocenters. The molecule has 7 heteroatoms. The van der Waals surface area contributed by atoms with Crippen LogP contribution in [0.1, 0.15) is 72.3 Å². The van der Waals surface area contributed by atoms with Gasteiger partial charge in [-0.15, -0.1) is 0 Å². The number of Topliss-reactive ketones (excluding diaryl/α,β-unsaturated/α-hetero) is 1. The van der Waals surface area contributed by atoms with Gasteiger partial charge in [0.1, 0.15) is 6.04 Å². The molecule has 0 unspecified atom stereocenters. The first kappa shape index (κ1) is 23.6.